The van der Waals surface area contributed by atoms with E-state index in [0.717, 1.165) is 11.1 Å². The maximum Gasteiger partial charge on any atom is 0.141 e. The molecule has 1 heterocycles. The molecule has 0 aliphatic carbocycles. The van der Waals surface area contributed by atoms with Crippen LogP contribution in [0.2, 0.25) is 0 Å². The Hall–Kier alpha value is -0.810. The molecule has 0 fully saturated rings. The van der Waals surface area contributed by atoms with Crippen molar-refractivity contribution in [1.82, 2.24) is 0 Å². The standard InChI is InChI=1S/C12H9Br2FO2/c1-16-11-5-10(15)9(13)4-8(11)12(14)7-2-3-17-6-7/h2-6,12H,1H3. The Morgan fingerprint density at radius 2 is 2.18 bits per heavy atom. The van der Waals surface area contributed by atoms with E-state index < -0.39 is 0 Å². The highest BCUT2D eigenvalue weighted by Gasteiger charge is 2.18. The summed E-state index contributed by atoms with van der Waals surface area (Å²) in [5.41, 5.74) is 1.78. The van der Waals surface area contributed by atoms with Crippen LogP contribution in [0.25, 0.3) is 0 Å². The summed E-state index contributed by atoms with van der Waals surface area (Å²) in [4.78, 5) is -0.104. The first kappa shape index (κ1) is 12.6. The summed E-state index contributed by atoms with van der Waals surface area (Å²) >= 11 is 6.71. The first-order valence-corrected chi connectivity index (χ1v) is 6.53. The Morgan fingerprint density at radius 1 is 1.41 bits per heavy atom. The zero-order valence-electron chi connectivity index (χ0n) is 8.91. The van der Waals surface area contributed by atoms with Crippen LogP contribution in [-0.2, 0) is 0 Å². The summed E-state index contributed by atoms with van der Waals surface area (Å²) in [6, 6.07) is 4.89. The van der Waals surface area contributed by atoms with Gasteiger partial charge in [0, 0.05) is 17.2 Å². The van der Waals surface area contributed by atoms with Crippen LogP contribution in [0.1, 0.15) is 16.0 Å². The number of furan rings is 1. The molecule has 0 radical (unpaired) electrons. The molecule has 0 saturated carbocycles. The first-order valence-electron chi connectivity index (χ1n) is 4.82. The van der Waals surface area contributed by atoms with E-state index in [1.807, 2.05) is 6.07 Å². The summed E-state index contributed by atoms with van der Waals surface area (Å²) in [6.45, 7) is 0. The van der Waals surface area contributed by atoms with Crippen molar-refractivity contribution < 1.29 is 13.5 Å². The Balaban J connectivity index is 2.47. The van der Waals surface area contributed by atoms with Gasteiger partial charge in [-0.3, -0.25) is 0 Å². The van der Waals surface area contributed by atoms with E-state index >= 15 is 0 Å². The molecule has 0 aliphatic rings. The topological polar surface area (TPSA) is 22.4 Å². The number of hydrogen-bond donors (Lipinski definition) is 0. The molecule has 2 aromatic rings. The van der Waals surface area contributed by atoms with E-state index in [4.69, 9.17) is 9.15 Å². The van der Waals surface area contributed by atoms with Crippen LogP contribution in [0, 0.1) is 5.82 Å². The second-order valence-corrected chi connectivity index (χ2v) is 5.20. The van der Waals surface area contributed by atoms with Gasteiger partial charge in [-0.2, -0.15) is 0 Å². The van der Waals surface area contributed by atoms with Gasteiger partial charge in [0.05, 0.1) is 28.9 Å². The molecule has 0 N–H and O–H groups in total. The van der Waals surface area contributed by atoms with Gasteiger partial charge < -0.3 is 9.15 Å². The van der Waals surface area contributed by atoms with Gasteiger partial charge in [0.25, 0.3) is 0 Å². The lowest BCUT2D eigenvalue weighted by atomic mass is 10.1. The van der Waals surface area contributed by atoms with Crippen LogP contribution in [0.4, 0.5) is 4.39 Å². The van der Waals surface area contributed by atoms with E-state index in [2.05, 4.69) is 31.9 Å². The Bertz CT molecular complexity index is 511. The quantitative estimate of drug-likeness (QED) is 0.739. The van der Waals surface area contributed by atoms with Crippen LogP contribution in [0.5, 0.6) is 5.75 Å². The molecule has 1 aromatic carbocycles. The van der Waals surface area contributed by atoms with Crippen LogP contribution in [-0.4, -0.2) is 7.11 Å². The van der Waals surface area contributed by atoms with Crippen molar-refractivity contribution in [1.29, 1.82) is 0 Å². The molecule has 17 heavy (non-hydrogen) atoms. The van der Waals surface area contributed by atoms with Crippen molar-refractivity contribution >= 4 is 31.9 Å². The fraction of sp³-hybridized carbons (Fsp3) is 0.167. The summed E-state index contributed by atoms with van der Waals surface area (Å²) in [6.07, 6.45) is 3.23. The first-order chi connectivity index (χ1) is 8.13. The normalized spacial score (nSPS) is 12.5. The molecule has 5 heteroatoms. The lowest BCUT2D eigenvalue weighted by molar-refractivity contribution is 0.406. The van der Waals surface area contributed by atoms with Crippen LogP contribution >= 0.6 is 31.9 Å². The number of rotatable bonds is 3. The summed E-state index contributed by atoms with van der Waals surface area (Å²) in [5.74, 6) is 0.145. The lowest BCUT2D eigenvalue weighted by Crippen LogP contribution is -1.97. The van der Waals surface area contributed by atoms with Crippen molar-refractivity contribution in [2.75, 3.05) is 7.11 Å². The van der Waals surface area contributed by atoms with E-state index in [0.29, 0.717) is 10.2 Å². The third-order valence-electron chi connectivity index (χ3n) is 2.38. The molecular weight excluding hydrogens is 355 g/mol. The molecule has 1 unspecified atom stereocenters. The Kier molecular flexibility index (Phi) is 3.89. The smallest absolute Gasteiger partial charge is 0.141 e. The van der Waals surface area contributed by atoms with E-state index in [1.165, 1.54) is 13.2 Å². The summed E-state index contributed by atoms with van der Waals surface area (Å²) in [5, 5.41) is 0. The number of benzene rings is 1. The van der Waals surface area contributed by atoms with Crippen molar-refractivity contribution in [3.05, 3.63) is 52.1 Å². The minimum absolute atomic E-state index is 0.104. The van der Waals surface area contributed by atoms with Gasteiger partial charge in [-0.25, -0.2) is 4.39 Å². The molecule has 0 amide bonds. The minimum Gasteiger partial charge on any atom is -0.496 e. The zero-order valence-corrected chi connectivity index (χ0v) is 12.1. The minimum atomic E-state index is -0.350. The number of halogens is 3. The van der Waals surface area contributed by atoms with Gasteiger partial charge >= 0.3 is 0 Å². The van der Waals surface area contributed by atoms with Crippen molar-refractivity contribution in [3.8, 4) is 5.75 Å². The van der Waals surface area contributed by atoms with Crippen LogP contribution in [0.3, 0.4) is 0 Å². The van der Waals surface area contributed by atoms with E-state index in [-0.39, 0.29) is 10.6 Å². The molecule has 2 nitrogen and oxygen atoms in total. The third-order valence-corrected chi connectivity index (χ3v) is 4.01. The highest BCUT2D eigenvalue weighted by atomic mass is 79.9. The predicted octanol–water partition coefficient (Wildman–Crippen LogP) is 4.67. The van der Waals surface area contributed by atoms with Crippen molar-refractivity contribution in [2.45, 2.75) is 4.83 Å². The molecule has 0 bridgehead atoms. The molecule has 0 spiro atoms. The molecular formula is C12H9Br2FO2. The van der Waals surface area contributed by atoms with Crippen molar-refractivity contribution in [3.63, 3.8) is 0 Å². The highest BCUT2D eigenvalue weighted by molar-refractivity contribution is 9.10. The highest BCUT2D eigenvalue weighted by Crippen LogP contribution is 2.39. The number of hydrogen-bond acceptors (Lipinski definition) is 2. The van der Waals surface area contributed by atoms with Gasteiger partial charge in [0.2, 0.25) is 0 Å². The number of ether oxygens (including phenoxy) is 1. The van der Waals surface area contributed by atoms with Gasteiger partial charge in [0.1, 0.15) is 11.6 Å². The number of methoxy groups -OCH3 is 1. The van der Waals surface area contributed by atoms with E-state index in [9.17, 15) is 4.39 Å². The molecule has 0 saturated heterocycles. The maximum absolute atomic E-state index is 13.4. The maximum atomic E-state index is 13.4. The summed E-state index contributed by atoms with van der Waals surface area (Å²) in [7, 11) is 1.52. The van der Waals surface area contributed by atoms with Gasteiger partial charge in [-0.05, 0) is 28.1 Å². The Morgan fingerprint density at radius 3 is 2.76 bits per heavy atom. The molecule has 90 valence electrons. The largest absolute Gasteiger partial charge is 0.496 e. The summed E-state index contributed by atoms with van der Waals surface area (Å²) < 4.78 is 24.0. The second kappa shape index (κ2) is 5.23. The molecule has 1 aromatic heterocycles. The third kappa shape index (κ3) is 2.55. The van der Waals surface area contributed by atoms with Crippen LogP contribution < -0.4 is 4.74 Å². The van der Waals surface area contributed by atoms with Crippen LogP contribution in [0.15, 0.2) is 39.6 Å². The molecule has 0 aliphatic heterocycles. The van der Waals surface area contributed by atoms with Gasteiger partial charge in [0.15, 0.2) is 0 Å². The SMILES string of the molecule is COc1cc(F)c(Br)cc1C(Br)c1ccoc1. The van der Waals surface area contributed by atoms with E-state index in [1.54, 1.807) is 18.6 Å². The Labute approximate surface area is 115 Å². The molecule has 1 atom stereocenters. The fourth-order valence-electron chi connectivity index (χ4n) is 1.52. The second-order valence-electron chi connectivity index (χ2n) is 3.43. The van der Waals surface area contributed by atoms with Crippen molar-refractivity contribution in [2.24, 2.45) is 0 Å². The number of alkyl halides is 1. The lowest BCUT2D eigenvalue weighted by Gasteiger charge is -2.14. The average molecular weight is 364 g/mol. The zero-order chi connectivity index (χ0) is 12.4. The van der Waals surface area contributed by atoms with Gasteiger partial charge in [-0.1, -0.05) is 15.9 Å². The molecule has 2 rings (SSSR count). The fourth-order valence-corrected chi connectivity index (χ4v) is 2.50. The average Bonchev–Trinajstić information content (AvgIpc) is 2.84. The predicted molar refractivity (Wildman–Crippen MR) is 70.1 cm³/mol. The monoisotopic (exact) mass is 362 g/mol. The van der Waals surface area contributed by atoms with Gasteiger partial charge in [-0.15, -0.1) is 0 Å².